The summed E-state index contributed by atoms with van der Waals surface area (Å²) in [4.78, 5) is 2.86. The zero-order chi connectivity index (χ0) is 11.3. The van der Waals surface area contributed by atoms with Crippen LogP contribution in [0.25, 0.3) is 0 Å². The van der Waals surface area contributed by atoms with Crippen molar-refractivity contribution in [2.75, 3.05) is 11.8 Å². The molecule has 15 heavy (non-hydrogen) atoms. The summed E-state index contributed by atoms with van der Waals surface area (Å²) in [5, 5.41) is 0. The fraction of sp³-hybridized carbons (Fsp3) is 0.667. The van der Waals surface area contributed by atoms with E-state index in [4.69, 9.17) is 23.2 Å². The van der Waals surface area contributed by atoms with E-state index in [9.17, 15) is 0 Å². The van der Waals surface area contributed by atoms with E-state index >= 15 is 0 Å². The summed E-state index contributed by atoms with van der Waals surface area (Å²) in [5.74, 6) is 1.29. The highest BCUT2D eigenvalue weighted by atomic mass is 35.5. The minimum atomic E-state index is 0.0823. The first-order valence-corrected chi connectivity index (χ1v) is 7.27. The Balaban J connectivity index is 2.73. The predicted molar refractivity (Wildman–Crippen MR) is 71.6 cm³/mol. The van der Waals surface area contributed by atoms with Crippen molar-refractivity contribution in [1.82, 2.24) is 0 Å². The van der Waals surface area contributed by atoms with Gasteiger partial charge in [0.25, 0.3) is 0 Å². The SMILES string of the molecule is CCc1ccc(CC(CC)(CCl)CCl)s1. The lowest BCUT2D eigenvalue weighted by atomic mass is 9.85. The van der Waals surface area contributed by atoms with E-state index in [-0.39, 0.29) is 5.41 Å². The van der Waals surface area contributed by atoms with E-state index in [2.05, 4.69) is 26.0 Å². The molecule has 0 unspecified atom stereocenters. The number of thiophene rings is 1. The Bertz CT molecular complexity index is 281. The molecule has 0 atom stereocenters. The third kappa shape index (κ3) is 3.37. The second-order valence-corrected chi connectivity index (χ2v) is 5.81. The zero-order valence-corrected chi connectivity index (χ0v) is 11.7. The lowest BCUT2D eigenvalue weighted by Crippen LogP contribution is -2.26. The fourth-order valence-electron chi connectivity index (χ4n) is 1.52. The van der Waals surface area contributed by atoms with Gasteiger partial charge in [0.1, 0.15) is 0 Å². The minimum absolute atomic E-state index is 0.0823. The van der Waals surface area contributed by atoms with Gasteiger partial charge in [0.05, 0.1) is 0 Å². The molecule has 0 aromatic carbocycles. The lowest BCUT2D eigenvalue weighted by molar-refractivity contribution is 0.365. The maximum Gasteiger partial charge on any atom is 0.0294 e. The molecule has 0 aliphatic heterocycles. The Morgan fingerprint density at radius 3 is 2.13 bits per heavy atom. The largest absolute Gasteiger partial charge is 0.145 e. The van der Waals surface area contributed by atoms with Crippen LogP contribution in [0.15, 0.2) is 12.1 Å². The molecule has 0 aliphatic carbocycles. The van der Waals surface area contributed by atoms with Crippen LogP contribution < -0.4 is 0 Å². The quantitative estimate of drug-likeness (QED) is 0.652. The van der Waals surface area contributed by atoms with Crippen LogP contribution in [-0.4, -0.2) is 11.8 Å². The molecule has 1 heterocycles. The number of hydrogen-bond acceptors (Lipinski definition) is 1. The average Bonchev–Trinajstić information content (AvgIpc) is 2.73. The Labute approximate surface area is 107 Å². The zero-order valence-electron chi connectivity index (χ0n) is 9.35. The van der Waals surface area contributed by atoms with Gasteiger partial charge in [-0.15, -0.1) is 34.5 Å². The molecule has 1 aromatic rings. The van der Waals surface area contributed by atoms with E-state index in [1.54, 1.807) is 0 Å². The van der Waals surface area contributed by atoms with Crippen molar-refractivity contribution >= 4 is 34.5 Å². The van der Waals surface area contributed by atoms with Gasteiger partial charge in [-0.3, -0.25) is 0 Å². The Kier molecular flexibility index (Phi) is 5.45. The summed E-state index contributed by atoms with van der Waals surface area (Å²) in [6, 6.07) is 4.43. The highest BCUT2D eigenvalue weighted by molar-refractivity contribution is 7.12. The molecule has 0 saturated carbocycles. The van der Waals surface area contributed by atoms with E-state index < -0.39 is 0 Å². The highest BCUT2D eigenvalue weighted by Gasteiger charge is 2.27. The molecule has 86 valence electrons. The smallest absolute Gasteiger partial charge is 0.0294 e. The van der Waals surface area contributed by atoms with Gasteiger partial charge in [0.2, 0.25) is 0 Å². The standard InChI is InChI=1S/C12H18Cl2S/c1-3-10-5-6-11(15-10)7-12(4-2,8-13)9-14/h5-6H,3-4,7-9H2,1-2H3. The molecule has 0 spiro atoms. The third-order valence-electron chi connectivity index (χ3n) is 2.93. The predicted octanol–water partition coefficient (Wildman–Crippen LogP) is 4.73. The van der Waals surface area contributed by atoms with Gasteiger partial charge in [-0.1, -0.05) is 13.8 Å². The maximum absolute atomic E-state index is 6.04. The Hall–Kier alpha value is 0.280. The van der Waals surface area contributed by atoms with Gasteiger partial charge >= 0.3 is 0 Å². The highest BCUT2D eigenvalue weighted by Crippen LogP contribution is 2.32. The molecule has 0 N–H and O–H groups in total. The van der Waals surface area contributed by atoms with Crippen LogP contribution in [0, 0.1) is 5.41 Å². The fourth-order valence-corrected chi connectivity index (χ4v) is 3.51. The van der Waals surface area contributed by atoms with Crippen molar-refractivity contribution in [3.8, 4) is 0 Å². The number of halogens is 2. The molecule has 1 rings (SSSR count). The molecule has 0 bridgehead atoms. The van der Waals surface area contributed by atoms with Crippen LogP contribution in [0.5, 0.6) is 0 Å². The van der Waals surface area contributed by atoms with Gasteiger partial charge in [-0.25, -0.2) is 0 Å². The van der Waals surface area contributed by atoms with E-state index in [0.29, 0.717) is 11.8 Å². The summed E-state index contributed by atoms with van der Waals surface area (Å²) in [5.41, 5.74) is 0.0823. The number of rotatable bonds is 6. The van der Waals surface area contributed by atoms with Crippen molar-refractivity contribution in [3.05, 3.63) is 21.9 Å². The molecule has 0 fully saturated rings. The molecule has 0 radical (unpaired) electrons. The lowest BCUT2D eigenvalue weighted by Gasteiger charge is -2.27. The molecule has 0 saturated heterocycles. The molecule has 0 nitrogen and oxygen atoms in total. The topological polar surface area (TPSA) is 0 Å². The van der Waals surface area contributed by atoms with Crippen LogP contribution in [0.4, 0.5) is 0 Å². The van der Waals surface area contributed by atoms with Crippen LogP contribution >= 0.6 is 34.5 Å². The summed E-state index contributed by atoms with van der Waals surface area (Å²) < 4.78 is 0. The Morgan fingerprint density at radius 1 is 1.13 bits per heavy atom. The second-order valence-electron chi connectivity index (χ2n) is 4.02. The molecule has 1 aromatic heterocycles. The molecular weight excluding hydrogens is 247 g/mol. The number of alkyl halides is 2. The van der Waals surface area contributed by atoms with Gasteiger partial charge < -0.3 is 0 Å². The minimum Gasteiger partial charge on any atom is -0.145 e. The summed E-state index contributed by atoms with van der Waals surface area (Å²) in [6.07, 6.45) is 3.17. The Morgan fingerprint density at radius 2 is 1.73 bits per heavy atom. The summed E-state index contributed by atoms with van der Waals surface area (Å²) >= 11 is 14.0. The third-order valence-corrected chi connectivity index (χ3v) is 5.30. The molecule has 3 heteroatoms. The molecule has 0 amide bonds. The van der Waals surface area contributed by atoms with Crippen LogP contribution in [0.1, 0.15) is 30.0 Å². The van der Waals surface area contributed by atoms with Gasteiger partial charge in [0.15, 0.2) is 0 Å². The van der Waals surface area contributed by atoms with Crippen molar-refractivity contribution in [2.45, 2.75) is 33.1 Å². The maximum atomic E-state index is 6.04. The van der Waals surface area contributed by atoms with E-state index in [1.807, 2.05) is 11.3 Å². The number of hydrogen-bond donors (Lipinski definition) is 0. The van der Waals surface area contributed by atoms with Crippen LogP contribution in [-0.2, 0) is 12.8 Å². The van der Waals surface area contributed by atoms with E-state index in [0.717, 1.165) is 19.3 Å². The van der Waals surface area contributed by atoms with Crippen molar-refractivity contribution < 1.29 is 0 Å². The second kappa shape index (κ2) is 6.12. The first-order valence-electron chi connectivity index (χ1n) is 5.39. The van der Waals surface area contributed by atoms with Crippen LogP contribution in [0.2, 0.25) is 0 Å². The van der Waals surface area contributed by atoms with Gasteiger partial charge in [-0.2, -0.15) is 0 Å². The van der Waals surface area contributed by atoms with Gasteiger partial charge in [0, 0.05) is 26.9 Å². The van der Waals surface area contributed by atoms with E-state index in [1.165, 1.54) is 9.75 Å². The van der Waals surface area contributed by atoms with Crippen molar-refractivity contribution in [2.24, 2.45) is 5.41 Å². The van der Waals surface area contributed by atoms with Crippen molar-refractivity contribution in [3.63, 3.8) is 0 Å². The molecular formula is C12H18Cl2S. The summed E-state index contributed by atoms with van der Waals surface area (Å²) in [7, 11) is 0. The first kappa shape index (κ1) is 13.3. The normalized spacial score (nSPS) is 12.0. The monoisotopic (exact) mass is 264 g/mol. The number of aryl methyl sites for hydroxylation is 1. The van der Waals surface area contributed by atoms with Crippen molar-refractivity contribution in [1.29, 1.82) is 0 Å². The van der Waals surface area contributed by atoms with Gasteiger partial charge in [-0.05, 0) is 31.4 Å². The van der Waals surface area contributed by atoms with Crippen LogP contribution in [0.3, 0.4) is 0 Å². The average molecular weight is 265 g/mol. The molecule has 0 aliphatic rings. The first-order chi connectivity index (χ1) is 7.19. The summed E-state index contributed by atoms with van der Waals surface area (Å²) in [6.45, 7) is 4.35.